The molecule has 1 aliphatic heterocycles. The van der Waals surface area contributed by atoms with Crippen molar-refractivity contribution in [3.05, 3.63) is 0 Å². The molecule has 5 atom stereocenters. The maximum absolute atomic E-state index is 2.57. The standard InChI is InChI=1S/C20H34S.3C2H6/c1-14-5-6-18-17(13-14)19(15(2)21-18)16-7-11-20(12-8-16)9-3-4-10-20;3*1-2/h14-19H,3-13H2,1-2H3;3*1-2H3. The molecule has 0 aromatic heterocycles. The second-order valence-corrected chi connectivity index (χ2v) is 10.7. The third kappa shape index (κ3) is 6.16. The molecule has 1 heteroatoms. The first kappa shape index (κ1) is 25.4. The van der Waals surface area contributed by atoms with Crippen molar-refractivity contribution >= 4 is 11.8 Å². The Morgan fingerprint density at radius 3 is 1.81 bits per heavy atom. The zero-order valence-electron chi connectivity index (χ0n) is 20.2. The minimum absolute atomic E-state index is 0.824. The van der Waals surface area contributed by atoms with Gasteiger partial charge in [-0.15, -0.1) is 0 Å². The molecule has 0 N–H and O–H groups in total. The first-order chi connectivity index (χ1) is 13.2. The van der Waals surface area contributed by atoms with Gasteiger partial charge in [-0.25, -0.2) is 0 Å². The summed E-state index contributed by atoms with van der Waals surface area (Å²) in [5.41, 5.74) is 0.824. The molecular formula is C26H52S. The fraction of sp³-hybridized carbons (Fsp3) is 1.00. The third-order valence-corrected chi connectivity index (χ3v) is 9.50. The molecule has 4 rings (SSSR count). The van der Waals surface area contributed by atoms with E-state index in [9.17, 15) is 0 Å². The van der Waals surface area contributed by atoms with Gasteiger partial charge in [0.2, 0.25) is 0 Å². The summed E-state index contributed by atoms with van der Waals surface area (Å²) in [5, 5.41) is 1.98. The summed E-state index contributed by atoms with van der Waals surface area (Å²) in [5.74, 6) is 4.24. The molecule has 0 aromatic rings. The summed E-state index contributed by atoms with van der Waals surface area (Å²) in [6.45, 7) is 17.1. The van der Waals surface area contributed by atoms with E-state index in [2.05, 4.69) is 25.6 Å². The Bertz CT molecular complexity index is 360. The van der Waals surface area contributed by atoms with Gasteiger partial charge in [0.05, 0.1) is 0 Å². The lowest BCUT2D eigenvalue weighted by Crippen LogP contribution is -2.36. The highest BCUT2D eigenvalue weighted by atomic mass is 32.2. The van der Waals surface area contributed by atoms with Gasteiger partial charge >= 0.3 is 0 Å². The van der Waals surface area contributed by atoms with E-state index < -0.39 is 0 Å². The largest absolute Gasteiger partial charge is 0.155 e. The molecule has 1 heterocycles. The Hall–Kier alpha value is 0.350. The SMILES string of the molecule is CC.CC.CC.CC1CCC2SC(C)C(C3CCC4(CCCC4)CC3)C2C1. The van der Waals surface area contributed by atoms with Gasteiger partial charge < -0.3 is 0 Å². The Morgan fingerprint density at radius 2 is 1.26 bits per heavy atom. The fourth-order valence-electron chi connectivity index (χ4n) is 6.68. The summed E-state index contributed by atoms with van der Waals surface area (Å²) in [7, 11) is 0. The van der Waals surface area contributed by atoms with Crippen LogP contribution in [0.25, 0.3) is 0 Å². The molecule has 0 aromatic carbocycles. The van der Waals surface area contributed by atoms with Crippen molar-refractivity contribution in [3.63, 3.8) is 0 Å². The van der Waals surface area contributed by atoms with Crippen molar-refractivity contribution in [3.8, 4) is 0 Å². The number of fused-ring (bicyclic) bond motifs is 1. The summed E-state index contributed by atoms with van der Waals surface area (Å²) >= 11 is 2.38. The number of hydrogen-bond acceptors (Lipinski definition) is 1. The number of thioether (sulfide) groups is 1. The van der Waals surface area contributed by atoms with E-state index >= 15 is 0 Å². The molecule has 1 saturated heterocycles. The van der Waals surface area contributed by atoms with Crippen LogP contribution in [-0.4, -0.2) is 10.5 Å². The second-order valence-electron chi connectivity index (χ2n) is 9.08. The van der Waals surface area contributed by atoms with Gasteiger partial charge in [0, 0.05) is 10.5 Å². The summed E-state index contributed by atoms with van der Waals surface area (Å²) in [6, 6.07) is 0. The maximum atomic E-state index is 2.57. The zero-order chi connectivity index (χ0) is 20.4. The molecule has 4 aliphatic rings. The summed E-state index contributed by atoms with van der Waals surface area (Å²) < 4.78 is 0. The Balaban J connectivity index is 0.000000556. The van der Waals surface area contributed by atoms with Crippen molar-refractivity contribution < 1.29 is 0 Å². The van der Waals surface area contributed by atoms with Gasteiger partial charge in [0.1, 0.15) is 0 Å². The van der Waals surface area contributed by atoms with Crippen LogP contribution in [0.15, 0.2) is 0 Å². The smallest absolute Gasteiger partial charge is 0.00814 e. The van der Waals surface area contributed by atoms with E-state index in [1.807, 2.05) is 41.5 Å². The minimum atomic E-state index is 0.824. The predicted molar refractivity (Wildman–Crippen MR) is 128 cm³/mol. The Kier molecular flexibility index (Phi) is 12.0. The number of hydrogen-bond donors (Lipinski definition) is 0. The van der Waals surface area contributed by atoms with Crippen LogP contribution < -0.4 is 0 Å². The molecule has 27 heavy (non-hydrogen) atoms. The average Bonchev–Trinajstić information content (AvgIpc) is 3.31. The first-order valence-corrected chi connectivity index (χ1v) is 13.8. The van der Waals surface area contributed by atoms with Gasteiger partial charge in [-0.3, -0.25) is 0 Å². The van der Waals surface area contributed by atoms with E-state index in [4.69, 9.17) is 0 Å². The van der Waals surface area contributed by atoms with Crippen LogP contribution in [0.4, 0.5) is 0 Å². The molecule has 162 valence electrons. The lowest BCUT2D eigenvalue weighted by atomic mass is 9.62. The highest BCUT2D eigenvalue weighted by molar-refractivity contribution is 8.00. The van der Waals surface area contributed by atoms with Crippen molar-refractivity contribution in [1.82, 2.24) is 0 Å². The van der Waals surface area contributed by atoms with Crippen LogP contribution in [0.3, 0.4) is 0 Å². The molecule has 1 spiro atoms. The highest BCUT2D eigenvalue weighted by Crippen LogP contribution is 2.58. The lowest BCUT2D eigenvalue weighted by molar-refractivity contribution is 0.0867. The molecule has 3 saturated carbocycles. The van der Waals surface area contributed by atoms with Crippen molar-refractivity contribution in [2.45, 2.75) is 137 Å². The fourth-order valence-corrected chi connectivity index (χ4v) is 8.60. The molecule has 3 aliphatic carbocycles. The van der Waals surface area contributed by atoms with Crippen molar-refractivity contribution in [2.24, 2.45) is 29.1 Å². The topological polar surface area (TPSA) is 0 Å². The second kappa shape index (κ2) is 12.8. The van der Waals surface area contributed by atoms with Crippen LogP contribution in [-0.2, 0) is 0 Å². The molecular weight excluding hydrogens is 344 g/mol. The summed E-state index contributed by atoms with van der Waals surface area (Å²) in [4.78, 5) is 0. The first-order valence-electron chi connectivity index (χ1n) is 12.8. The highest BCUT2D eigenvalue weighted by Gasteiger charge is 2.49. The van der Waals surface area contributed by atoms with E-state index in [1.165, 1.54) is 25.7 Å². The number of rotatable bonds is 1. The predicted octanol–water partition coefficient (Wildman–Crippen LogP) is 9.37. The Labute approximate surface area is 177 Å². The minimum Gasteiger partial charge on any atom is -0.155 e. The molecule has 0 bridgehead atoms. The quantitative estimate of drug-likeness (QED) is 0.425. The van der Waals surface area contributed by atoms with Crippen LogP contribution in [0.2, 0.25) is 0 Å². The van der Waals surface area contributed by atoms with Gasteiger partial charge in [-0.1, -0.05) is 68.2 Å². The van der Waals surface area contributed by atoms with Gasteiger partial charge in [0.15, 0.2) is 0 Å². The lowest BCUT2D eigenvalue weighted by Gasteiger charge is -2.43. The van der Waals surface area contributed by atoms with Gasteiger partial charge in [0.25, 0.3) is 0 Å². The maximum Gasteiger partial charge on any atom is 0.00814 e. The van der Waals surface area contributed by atoms with Crippen molar-refractivity contribution in [1.29, 1.82) is 0 Å². The van der Waals surface area contributed by atoms with E-state index in [0.29, 0.717) is 0 Å². The third-order valence-electron chi connectivity index (χ3n) is 7.82. The van der Waals surface area contributed by atoms with E-state index in [0.717, 1.165) is 39.6 Å². The average molecular weight is 397 g/mol. The van der Waals surface area contributed by atoms with E-state index in [-0.39, 0.29) is 0 Å². The van der Waals surface area contributed by atoms with Gasteiger partial charge in [-0.05, 0) is 86.9 Å². The normalized spacial score (nSPS) is 37.1. The monoisotopic (exact) mass is 396 g/mol. The van der Waals surface area contributed by atoms with Crippen LogP contribution in [0, 0.1) is 29.1 Å². The summed E-state index contributed by atoms with van der Waals surface area (Å²) in [6.07, 6.45) is 17.1. The molecule has 4 fully saturated rings. The zero-order valence-corrected chi connectivity index (χ0v) is 21.0. The molecule has 0 amide bonds. The van der Waals surface area contributed by atoms with Crippen LogP contribution in [0.1, 0.15) is 126 Å². The molecule has 0 nitrogen and oxygen atoms in total. The van der Waals surface area contributed by atoms with Gasteiger partial charge in [-0.2, -0.15) is 11.8 Å². The molecule has 0 radical (unpaired) electrons. The van der Waals surface area contributed by atoms with Crippen LogP contribution >= 0.6 is 11.8 Å². The van der Waals surface area contributed by atoms with Crippen molar-refractivity contribution in [2.75, 3.05) is 0 Å². The van der Waals surface area contributed by atoms with E-state index in [1.54, 1.807) is 44.9 Å². The Morgan fingerprint density at radius 1 is 0.704 bits per heavy atom. The molecule has 5 unspecified atom stereocenters. The van der Waals surface area contributed by atoms with Crippen LogP contribution in [0.5, 0.6) is 0 Å².